The van der Waals surface area contributed by atoms with E-state index >= 15 is 0 Å². The predicted octanol–water partition coefficient (Wildman–Crippen LogP) is -1.22. The summed E-state index contributed by atoms with van der Waals surface area (Å²) in [4.78, 5) is 0. The molecule has 0 atom stereocenters. The summed E-state index contributed by atoms with van der Waals surface area (Å²) in [6, 6.07) is 0. The molecule has 0 saturated carbocycles. The van der Waals surface area contributed by atoms with Crippen LogP contribution in [0.25, 0.3) is 0 Å². The second-order valence-electron chi connectivity index (χ2n) is 0.141. The molecule has 0 aliphatic carbocycles. The molecule has 0 amide bonds. The van der Waals surface area contributed by atoms with Crippen LogP contribution in [0.5, 0.6) is 0 Å². The van der Waals surface area contributed by atoms with Gasteiger partial charge in [0.1, 0.15) is 0 Å². The molecule has 0 rings (SSSR count). The zero-order valence-electron chi connectivity index (χ0n) is 1.60. The van der Waals surface area contributed by atoms with Crippen LogP contribution < -0.4 is 0 Å². The van der Waals surface area contributed by atoms with Crippen LogP contribution in [-0.4, -0.2) is 71.0 Å². The van der Waals surface area contributed by atoms with E-state index in [4.69, 9.17) is 5.21 Å². The molecule has 0 spiro atoms. The van der Waals surface area contributed by atoms with Crippen LogP contribution in [0.15, 0.2) is 5.16 Å². The Kier molecular flexibility index (Phi) is 57.6. The summed E-state index contributed by atoms with van der Waals surface area (Å²) in [5, 5.41) is 9.33. The van der Waals surface area contributed by atoms with Crippen molar-refractivity contribution in [3.63, 3.8) is 0 Å². The first-order chi connectivity index (χ1) is 1.41. The summed E-state index contributed by atoms with van der Waals surface area (Å²) in [6.45, 7) is 2.67. The van der Waals surface area contributed by atoms with E-state index in [2.05, 4.69) is 11.9 Å². The Bertz CT molecular complexity index is 17.1. The second kappa shape index (κ2) is 17.9. The standard InChI is InChI=1S/CH3NO.2Na.2H/c1-2-3;;;;/h3H,1H2;;;;. The summed E-state index contributed by atoms with van der Waals surface area (Å²) >= 11 is 0. The van der Waals surface area contributed by atoms with Crippen molar-refractivity contribution in [1.29, 1.82) is 0 Å². The summed E-state index contributed by atoms with van der Waals surface area (Å²) < 4.78 is 0. The first-order valence-electron chi connectivity index (χ1n) is 0.516. The van der Waals surface area contributed by atoms with Crippen LogP contribution in [-0.2, 0) is 0 Å². The molecule has 0 aromatic heterocycles. The van der Waals surface area contributed by atoms with Crippen molar-refractivity contribution in [2.45, 2.75) is 0 Å². The molecule has 0 radical (unpaired) electrons. The van der Waals surface area contributed by atoms with Gasteiger partial charge in [-0.1, -0.05) is 0 Å². The topological polar surface area (TPSA) is 32.6 Å². The summed E-state index contributed by atoms with van der Waals surface area (Å²) in [7, 11) is 0. The molecule has 0 heterocycles. The molecule has 0 bridgehead atoms. The van der Waals surface area contributed by atoms with Crippen LogP contribution in [0.1, 0.15) is 0 Å². The Labute approximate surface area is 75.2 Å². The third kappa shape index (κ3) is 30.5. The minimum atomic E-state index is 0. The van der Waals surface area contributed by atoms with Gasteiger partial charge in [-0.3, -0.25) is 0 Å². The monoisotopic (exact) mass is 93.0 g/mol. The molecule has 22 valence electrons. The molecule has 4 heteroatoms. The maximum absolute atomic E-state index is 7.08. The average Bonchev–Trinajstić information content (AvgIpc) is 0.918. The van der Waals surface area contributed by atoms with Gasteiger partial charge in [-0.25, -0.2) is 0 Å². The normalized spacial score (nSPS) is 2.40. The van der Waals surface area contributed by atoms with Gasteiger partial charge in [-0.15, -0.1) is 5.16 Å². The van der Waals surface area contributed by atoms with Crippen LogP contribution in [0.4, 0.5) is 0 Å². The Morgan fingerprint density at radius 1 is 1.40 bits per heavy atom. The number of hydrogen-bond acceptors (Lipinski definition) is 2. The number of rotatable bonds is 0. The molecule has 0 saturated heterocycles. The number of oxime groups is 1. The molecule has 0 aromatic carbocycles. The van der Waals surface area contributed by atoms with Crippen molar-refractivity contribution in [3.8, 4) is 0 Å². The Balaban J connectivity index is -0.0000000200. The SMILES string of the molecule is C=NO.[NaH].[NaH]. The fraction of sp³-hybridized carbons (Fsp3) is 0. The number of hydrogen-bond donors (Lipinski definition) is 1. The first kappa shape index (κ1) is 16.1. The van der Waals surface area contributed by atoms with Gasteiger partial charge in [-0.2, -0.15) is 0 Å². The van der Waals surface area contributed by atoms with Gasteiger partial charge in [0, 0.05) is 6.72 Å². The predicted molar refractivity (Wildman–Crippen MR) is 25.6 cm³/mol. The van der Waals surface area contributed by atoms with E-state index in [1.54, 1.807) is 0 Å². The zero-order valence-corrected chi connectivity index (χ0v) is 1.60. The molecule has 5 heavy (non-hydrogen) atoms. The average molecular weight is 93.0 g/mol. The zero-order chi connectivity index (χ0) is 2.71. The maximum atomic E-state index is 7.08. The molecular formula is CH5NNa2O. The molecule has 2 nitrogen and oxygen atoms in total. The van der Waals surface area contributed by atoms with Crippen molar-refractivity contribution in [3.05, 3.63) is 0 Å². The van der Waals surface area contributed by atoms with E-state index in [-0.39, 0.29) is 59.1 Å². The fourth-order valence-electron chi connectivity index (χ4n) is 0. The van der Waals surface area contributed by atoms with Gasteiger partial charge in [0.15, 0.2) is 0 Å². The summed E-state index contributed by atoms with van der Waals surface area (Å²) in [5.41, 5.74) is 0. The Morgan fingerprint density at radius 2 is 1.40 bits per heavy atom. The van der Waals surface area contributed by atoms with Crippen LogP contribution in [0.2, 0.25) is 0 Å². The molecule has 0 aromatic rings. The third-order valence-corrected chi connectivity index (χ3v) is 0. The Morgan fingerprint density at radius 3 is 1.40 bits per heavy atom. The van der Waals surface area contributed by atoms with Crippen molar-refractivity contribution in [2.24, 2.45) is 5.16 Å². The van der Waals surface area contributed by atoms with Gasteiger partial charge in [0.2, 0.25) is 0 Å². The molecule has 0 aliphatic rings. The molecule has 0 aliphatic heterocycles. The molecule has 0 unspecified atom stereocenters. The molecule has 1 N–H and O–H groups in total. The molecule has 0 fully saturated rings. The van der Waals surface area contributed by atoms with Crippen molar-refractivity contribution < 1.29 is 5.21 Å². The van der Waals surface area contributed by atoms with Gasteiger partial charge >= 0.3 is 59.1 Å². The Hall–Kier alpha value is 1.47. The first-order valence-corrected chi connectivity index (χ1v) is 0.516. The van der Waals surface area contributed by atoms with Crippen molar-refractivity contribution >= 4 is 65.8 Å². The van der Waals surface area contributed by atoms with E-state index in [1.807, 2.05) is 0 Å². The van der Waals surface area contributed by atoms with E-state index in [1.165, 1.54) is 0 Å². The van der Waals surface area contributed by atoms with E-state index in [0.29, 0.717) is 0 Å². The second-order valence-corrected chi connectivity index (χ2v) is 0.141. The summed E-state index contributed by atoms with van der Waals surface area (Å²) in [5.74, 6) is 0. The third-order valence-electron chi connectivity index (χ3n) is 0. The van der Waals surface area contributed by atoms with Gasteiger partial charge < -0.3 is 5.21 Å². The van der Waals surface area contributed by atoms with Gasteiger partial charge in [0.05, 0.1) is 0 Å². The van der Waals surface area contributed by atoms with Crippen molar-refractivity contribution in [2.75, 3.05) is 0 Å². The van der Waals surface area contributed by atoms with Crippen LogP contribution >= 0.6 is 0 Å². The quantitative estimate of drug-likeness (QED) is 0.173. The van der Waals surface area contributed by atoms with Crippen molar-refractivity contribution in [1.82, 2.24) is 0 Å². The molecular weight excluding hydrogens is 88.0 g/mol. The van der Waals surface area contributed by atoms with Gasteiger partial charge in [0.25, 0.3) is 0 Å². The van der Waals surface area contributed by atoms with Crippen LogP contribution in [0.3, 0.4) is 0 Å². The summed E-state index contributed by atoms with van der Waals surface area (Å²) in [6.07, 6.45) is 0. The van der Waals surface area contributed by atoms with E-state index in [9.17, 15) is 0 Å². The minimum absolute atomic E-state index is 0. The van der Waals surface area contributed by atoms with Gasteiger partial charge in [-0.05, 0) is 0 Å². The van der Waals surface area contributed by atoms with E-state index in [0.717, 1.165) is 0 Å². The number of nitrogens with zero attached hydrogens (tertiary/aromatic N) is 1. The fourth-order valence-corrected chi connectivity index (χ4v) is 0. The van der Waals surface area contributed by atoms with Crippen LogP contribution in [0, 0.1) is 0 Å². The van der Waals surface area contributed by atoms with E-state index < -0.39 is 0 Å².